The van der Waals surface area contributed by atoms with Crippen LogP contribution in [-0.2, 0) is 6.54 Å². The first-order chi connectivity index (χ1) is 12.7. The number of amides is 1. The average molecular weight is 351 g/mol. The second kappa shape index (κ2) is 7.11. The summed E-state index contributed by atoms with van der Waals surface area (Å²) in [5.74, 6) is 1.36. The van der Waals surface area contributed by atoms with Crippen molar-refractivity contribution in [3.05, 3.63) is 65.6 Å². The SMILES string of the molecule is Cc1noc(C2CCCN(C(=O)c3cnn(Cc4ccccc4)c3)C2)n1. The third kappa shape index (κ3) is 3.51. The van der Waals surface area contributed by atoms with Gasteiger partial charge < -0.3 is 9.42 Å². The minimum atomic E-state index is 0.00486. The molecular weight excluding hydrogens is 330 g/mol. The van der Waals surface area contributed by atoms with E-state index in [4.69, 9.17) is 4.52 Å². The second-order valence-electron chi connectivity index (χ2n) is 6.68. The van der Waals surface area contributed by atoms with Crippen molar-refractivity contribution in [2.45, 2.75) is 32.2 Å². The number of hydrogen-bond acceptors (Lipinski definition) is 5. The predicted octanol–water partition coefficient (Wildman–Crippen LogP) is 2.64. The first-order valence-electron chi connectivity index (χ1n) is 8.85. The number of aromatic nitrogens is 4. The molecule has 4 rings (SSSR count). The first-order valence-corrected chi connectivity index (χ1v) is 8.85. The Hall–Kier alpha value is -2.96. The maximum absolute atomic E-state index is 12.9. The minimum absolute atomic E-state index is 0.00486. The van der Waals surface area contributed by atoms with Crippen molar-refractivity contribution in [3.63, 3.8) is 0 Å². The smallest absolute Gasteiger partial charge is 0.257 e. The van der Waals surface area contributed by atoms with E-state index in [0.29, 0.717) is 30.4 Å². The lowest BCUT2D eigenvalue weighted by molar-refractivity contribution is 0.0695. The highest BCUT2D eigenvalue weighted by Gasteiger charge is 2.29. The van der Waals surface area contributed by atoms with Crippen molar-refractivity contribution < 1.29 is 9.32 Å². The number of hydrogen-bond donors (Lipinski definition) is 0. The standard InChI is InChI=1S/C19H21N5O2/c1-14-21-18(26-22-14)16-8-5-9-23(12-16)19(25)17-10-20-24(13-17)11-15-6-3-2-4-7-15/h2-4,6-7,10,13,16H,5,8-9,11-12H2,1H3. The number of rotatable bonds is 4. The Morgan fingerprint density at radius 3 is 2.92 bits per heavy atom. The highest BCUT2D eigenvalue weighted by molar-refractivity contribution is 5.93. The van der Waals surface area contributed by atoms with Gasteiger partial charge in [-0.25, -0.2) is 0 Å². The number of nitrogens with zero attached hydrogens (tertiary/aromatic N) is 5. The number of carbonyl (C=O) groups excluding carboxylic acids is 1. The van der Waals surface area contributed by atoms with Crippen LogP contribution in [0, 0.1) is 6.92 Å². The van der Waals surface area contributed by atoms with Crippen LogP contribution in [0.1, 0.15) is 46.4 Å². The average Bonchev–Trinajstić information content (AvgIpc) is 3.31. The fraction of sp³-hybridized carbons (Fsp3) is 0.368. The van der Waals surface area contributed by atoms with Crippen LogP contribution in [0.4, 0.5) is 0 Å². The molecule has 1 fully saturated rings. The summed E-state index contributed by atoms with van der Waals surface area (Å²) in [6, 6.07) is 10.1. The van der Waals surface area contributed by atoms with Crippen LogP contribution in [0.3, 0.4) is 0 Å². The molecule has 0 spiro atoms. The predicted molar refractivity (Wildman–Crippen MR) is 94.7 cm³/mol. The zero-order valence-electron chi connectivity index (χ0n) is 14.7. The molecule has 134 valence electrons. The molecule has 0 N–H and O–H groups in total. The van der Waals surface area contributed by atoms with Crippen LogP contribution in [0.25, 0.3) is 0 Å². The summed E-state index contributed by atoms with van der Waals surface area (Å²) in [6.45, 7) is 3.80. The molecule has 3 aromatic rings. The maximum atomic E-state index is 12.9. The Kier molecular flexibility index (Phi) is 4.51. The molecule has 1 unspecified atom stereocenters. The van der Waals surface area contributed by atoms with Crippen molar-refractivity contribution in [2.24, 2.45) is 0 Å². The Labute approximate surface area is 151 Å². The molecular formula is C19H21N5O2. The Morgan fingerprint density at radius 1 is 1.31 bits per heavy atom. The third-order valence-electron chi connectivity index (χ3n) is 4.67. The normalized spacial score (nSPS) is 17.4. The molecule has 1 amide bonds. The first kappa shape index (κ1) is 16.5. The summed E-state index contributed by atoms with van der Waals surface area (Å²) >= 11 is 0. The van der Waals surface area contributed by atoms with Gasteiger partial charge in [0, 0.05) is 19.3 Å². The number of likely N-dealkylation sites (tertiary alicyclic amines) is 1. The molecule has 0 bridgehead atoms. The number of piperidine rings is 1. The van der Waals surface area contributed by atoms with Gasteiger partial charge in [0.2, 0.25) is 5.89 Å². The Bertz CT molecular complexity index is 886. The molecule has 2 aromatic heterocycles. The van der Waals surface area contributed by atoms with Gasteiger partial charge in [0.25, 0.3) is 5.91 Å². The van der Waals surface area contributed by atoms with Gasteiger partial charge in [-0.3, -0.25) is 9.48 Å². The van der Waals surface area contributed by atoms with Crippen molar-refractivity contribution >= 4 is 5.91 Å². The number of aryl methyl sites for hydroxylation is 1. The second-order valence-corrected chi connectivity index (χ2v) is 6.68. The number of carbonyl (C=O) groups is 1. The van der Waals surface area contributed by atoms with E-state index in [1.165, 1.54) is 0 Å². The molecule has 1 aliphatic heterocycles. The largest absolute Gasteiger partial charge is 0.339 e. The van der Waals surface area contributed by atoms with Gasteiger partial charge in [-0.15, -0.1) is 0 Å². The van der Waals surface area contributed by atoms with E-state index >= 15 is 0 Å². The zero-order valence-corrected chi connectivity index (χ0v) is 14.7. The molecule has 1 atom stereocenters. The van der Waals surface area contributed by atoms with Crippen LogP contribution in [0.5, 0.6) is 0 Å². The number of benzene rings is 1. The van der Waals surface area contributed by atoms with Crippen LogP contribution in [0.15, 0.2) is 47.2 Å². The van der Waals surface area contributed by atoms with Gasteiger partial charge in [-0.2, -0.15) is 10.1 Å². The molecule has 7 nitrogen and oxygen atoms in total. The lowest BCUT2D eigenvalue weighted by Crippen LogP contribution is -2.39. The van der Waals surface area contributed by atoms with E-state index in [2.05, 4.69) is 15.2 Å². The van der Waals surface area contributed by atoms with E-state index < -0.39 is 0 Å². The minimum Gasteiger partial charge on any atom is -0.339 e. The van der Waals surface area contributed by atoms with Gasteiger partial charge in [0.1, 0.15) is 0 Å². The zero-order chi connectivity index (χ0) is 17.9. The fourth-order valence-corrected chi connectivity index (χ4v) is 3.36. The van der Waals surface area contributed by atoms with E-state index in [-0.39, 0.29) is 11.8 Å². The lowest BCUT2D eigenvalue weighted by atomic mass is 9.97. The van der Waals surface area contributed by atoms with Gasteiger partial charge >= 0.3 is 0 Å². The quantitative estimate of drug-likeness (QED) is 0.722. The Balaban J connectivity index is 1.44. The topological polar surface area (TPSA) is 77.0 Å². The summed E-state index contributed by atoms with van der Waals surface area (Å²) < 4.78 is 7.09. The van der Waals surface area contributed by atoms with Gasteiger partial charge in [-0.05, 0) is 25.3 Å². The van der Waals surface area contributed by atoms with Crippen LogP contribution in [-0.4, -0.2) is 43.8 Å². The van der Waals surface area contributed by atoms with Crippen LogP contribution < -0.4 is 0 Å². The van der Waals surface area contributed by atoms with E-state index in [0.717, 1.165) is 24.9 Å². The fourth-order valence-electron chi connectivity index (χ4n) is 3.36. The highest BCUT2D eigenvalue weighted by atomic mass is 16.5. The molecule has 1 aliphatic rings. The molecule has 0 aliphatic carbocycles. The summed E-state index contributed by atoms with van der Waals surface area (Å²) in [4.78, 5) is 19.0. The van der Waals surface area contributed by atoms with E-state index in [1.807, 2.05) is 41.4 Å². The van der Waals surface area contributed by atoms with Crippen molar-refractivity contribution in [3.8, 4) is 0 Å². The van der Waals surface area contributed by atoms with Crippen molar-refractivity contribution in [1.82, 2.24) is 24.8 Å². The Morgan fingerprint density at radius 2 is 2.15 bits per heavy atom. The highest BCUT2D eigenvalue weighted by Crippen LogP contribution is 2.26. The molecule has 0 radical (unpaired) electrons. The molecule has 0 saturated carbocycles. The lowest BCUT2D eigenvalue weighted by Gasteiger charge is -2.30. The van der Waals surface area contributed by atoms with E-state index in [9.17, 15) is 4.79 Å². The van der Waals surface area contributed by atoms with Crippen LogP contribution >= 0.6 is 0 Å². The third-order valence-corrected chi connectivity index (χ3v) is 4.67. The van der Waals surface area contributed by atoms with Crippen molar-refractivity contribution in [2.75, 3.05) is 13.1 Å². The summed E-state index contributed by atoms with van der Waals surface area (Å²) in [5.41, 5.74) is 1.77. The molecule has 26 heavy (non-hydrogen) atoms. The molecule has 3 heterocycles. The van der Waals surface area contributed by atoms with E-state index in [1.54, 1.807) is 17.8 Å². The molecule has 1 aromatic carbocycles. The van der Waals surface area contributed by atoms with Crippen molar-refractivity contribution in [1.29, 1.82) is 0 Å². The summed E-state index contributed by atoms with van der Waals surface area (Å²) in [7, 11) is 0. The van der Waals surface area contributed by atoms with Crippen LogP contribution in [0.2, 0.25) is 0 Å². The monoisotopic (exact) mass is 351 g/mol. The maximum Gasteiger partial charge on any atom is 0.257 e. The molecule has 1 saturated heterocycles. The summed E-state index contributed by atoms with van der Waals surface area (Å²) in [5, 5.41) is 8.20. The van der Waals surface area contributed by atoms with Gasteiger partial charge in [0.15, 0.2) is 5.82 Å². The molecule has 7 heteroatoms. The summed E-state index contributed by atoms with van der Waals surface area (Å²) in [6.07, 6.45) is 5.34. The van der Waals surface area contributed by atoms with Gasteiger partial charge in [0.05, 0.1) is 24.2 Å². The van der Waals surface area contributed by atoms with Gasteiger partial charge in [-0.1, -0.05) is 35.5 Å².